The SMILES string of the molecule is Cc1ccc(C(=O)Nc2ccc(F)cn2)c(Br)c1. The average Bonchev–Trinajstić information content (AvgIpc) is 2.32. The minimum Gasteiger partial charge on any atom is -0.307 e. The highest BCUT2D eigenvalue weighted by molar-refractivity contribution is 9.10. The van der Waals surface area contributed by atoms with E-state index in [0.29, 0.717) is 15.9 Å². The van der Waals surface area contributed by atoms with Gasteiger partial charge in [-0.2, -0.15) is 0 Å². The summed E-state index contributed by atoms with van der Waals surface area (Å²) in [4.78, 5) is 15.7. The topological polar surface area (TPSA) is 42.0 Å². The maximum atomic E-state index is 12.7. The Labute approximate surface area is 112 Å². The second-order valence-corrected chi connectivity index (χ2v) is 4.65. The van der Waals surface area contributed by atoms with Crippen molar-refractivity contribution in [2.45, 2.75) is 6.92 Å². The summed E-state index contributed by atoms with van der Waals surface area (Å²) < 4.78 is 13.4. The minimum absolute atomic E-state index is 0.291. The predicted molar refractivity (Wildman–Crippen MR) is 71.0 cm³/mol. The maximum absolute atomic E-state index is 12.7. The molecule has 2 aromatic rings. The summed E-state index contributed by atoms with van der Waals surface area (Å²) >= 11 is 3.33. The van der Waals surface area contributed by atoms with Gasteiger partial charge in [0, 0.05) is 4.47 Å². The van der Waals surface area contributed by atoms with Crippen LogP contribution in [0.1, 0.15) is 15.9 Å². The van der Waals surface area contributed by atoms with Gasteiger partial charge in [-0.05, 0) is 52.7 Å². The molecule has 5 heteroatoms. The fraction of sp³-hybridized carbons (Fsp3) is 0.0769. The summed E-state index contributed by atoms with van der Waals surface area (Å²) in [6.45, 7) is 1.94. The van der Waals surface area contributed by atoms with Crippen molar-refractivity contribution in [2.75, 3.05) is 5.32 Å². The zero-order chi connectivity index (χ0) is 13.1. The van der Waals surface area contributed by atoms with Gasteiger partial charge in [0.2, 0.25) is 0 Å². The molecule has 0 unspecified atom stereocenters. The number of halogens is 2. The van der Waals surface area contributed by atoms with Crippen LogP contribution in [-0.4, -0.2) is 10.9 Å². The first kappa shape index (κ1) is 12.7. The number of aromatic nitrogens is 1. The quantitative estimate of drug-likeness (QED) is 0.922. The molecule has 1 aromatic heterocycles. The molecule has 0 saturated heterocycles. The number of amides is 1. The van der Waals surface area contributed by atoms with Gasteiger partial charge in [0.05, 0.1) is 11.8 Å². The molecule has 1 aromatic carbocycles. The van der Waals surface area contributed by atoms with E-state index in [0.717, 1.165) is 11.8 Å². The molecule has 3 nitrogen and oxygen atoms in total. The Morgan fingerprint density at radius 2 is 2.11 bits per heavy atom. The van der Waals surface area contributed by atoms with E-state index in [-0.39, 0.29) is 5.91 Å². The number of nitrogens with zero attached hydrogens (tertiary/aromatic N) is 1. The van der Waals surface area contributed by atoms with Crippen molar-refractivity contribution in [1.29, 1.82) is 0 Å². The zero-order valence-electron chi connectivity index (χ0n) is 9.58. The number of hydrogen-bond acceptors (Lipinski definition) is 2. The number of nitrogens with one attached hydrogen (secondary N) is 1. The molecule has 0 spiro atoms. The van der Waals surface area contributed by atoms with E-state index >= 15 is 0 Å². The third-order valence-electron chi connectivity index (χ3n) is 2.34. The first-order valence-corrected chi connectivity index (χ1v) is 6.04. The molecule has 2 rings (SSSR count). The second kappa shape index (κ2) is 5.27. The van der Waals surface area contributed by atoms with Crippen LogP contribution >= 0.6 is 15.9 Å². The minimum atomic E-state index is -0.440. The van der Waals surface area contributed by atoms with Crippen molar-refractivity contribution in [1.82, 2.24) is 4.98 Å². The lowest BCUT2D eigenvalue weighted by Crippen LogP contribution is -2.13. The maximum Gasteiger partial charge on any atom is 0.257 e. The van der Waals surface area contributed by atoms with Crippen LogP contribution in [0.3, 0.4) is 0 Å². The van der Waals surface area contributed by atoms with Crippen LogP contribution < -0.4 is 5.32 Å². The summed E-state index contributed by atoms with van der Waals surface area (Å²) in [7, 11) is 0. The number of benzene rings is 1. The molecule has 0 bridgehead atoms. The normalized spacial score (nSPS) is 10.2. The van der Waals surface area contributed by atoms with E-state index in [9.17, 15) is 9.18 Å². The molecule has 0 aliphatic heterocycles. The van der Waals surface area contributed by atoms with Gasteiger partial charge in [0.15, 0.2) is 0 Å². The molecule has 0 saturated carbocycles. The smallest absolute Gasteiger partial charge is 0.257 e. The molecule has 0 radical (unpaired) electrons. The molecule has 1 heterocycles. The molecule has 92 valence electrons. The molecule has 18 heavy (non-hydrogen) atoms. The number of anilines is 1. The Morgan fingerprint density at radius 3 is 2.72 bits per heavy atom. The molecule has 0 atom stereocenters. The third-order valence-corrected chi connectivity index (χ3v) is 2.99. The summed E-state index contributed by atoms with van der Waals surface area (Å²) in [5, 5.41) is 2.60. The molecule has 1 N–H and O–H groups in total. The van der Waals surface area contributed by atoms with E-state index in [1.165, 1.54) is 12.1 Å². The van der Waals surface area contributed by atoms with Crippen LogP contribution in [0.2, 0.25) is 0 Å². The number of carbonyl (C=O) groups is 1. The van der Waals surface area contributed by atoms with Crippen molar-refractivity contribution in [2.24, 2.45) is 0 Å². The lowest BCUT2D eigenvalue weighted by molar-refractivity contribution is 0.102. The summed E-state index contributed by atoms with van der Waals surface area (Å²) in [5.41, 5.74) is 1.56. The van der Waals surface area contributed by atoms with Crippen LogP contribution in [0, 0.1) is 12.7 Å². The van der Waals surface area contributed by atoms with Gasteiger partial charge in [0.1, 0.15) is 11.6 Å². The summed E-state index contributed by atoms with van der Waals surface area (Å²) in [6.07, 6.45) is 1.06. The number of pyridine rings is 1. The Bertz CT molecular complexity index is 584. The second-order valence-electron chi connectivity index (χ2n) is 3.80. The standard InChI is InChI=1S/C13H10BrFN2O/c1-8-2-4-10(11(14)6-8)13(18)17-12-5-3-9(15)7-16-12/h2-7H,1H3,(H,16,17,18). The first-order chi connectivity index (χ1) is 8.56. The highest BCUT2D eigenvalue weighted by atomic mass is 79.9. The summed E-state index contributed by atoms with van der Waals surface area (Å²) in [5.74, 6) is -0.417. The lowest BCUT2D eigenvalue weighted by Gasteiger charge is -2.06. The molecular formula is C13H10BrFN2O. The van der Waals surface area contributed by atoms with E-state index in [2.05, 4.69) is 26.2 Å². The summed E-state index contributed by atoms with van der Waals surface area (Å²) in [6, 6.07) is 8.07. The number of carbonyl (C=O) groups excluding carboxylic acids is 1. The van der Waals surface area contributed by atoms with Gasteiger partial charge >= 0.3 is 0 Å². The Kier molecular flexibility index (Phi) is 3.72. The Morgan fingerprint density at radius 1 is 1.33 bits per heavy atom. The van der Waals surface area contributed by atoms with Gasteiger partial charge in [-0.25, -0.2) is 9.37 Å². The van der Waals surface area contributed by atoms with Crippen molar-refractivity contribution in [3.63, 3.8) is 0 Å². The van der Waals surface area contributed by atoms with E-state index in [4.69, 9.17) is 0 Å². The van der Waals surface area contributed by atoms with E-state index < -0.39 is 5.82 Å². The zero-order valence-corrected chi connectivity index (χ0v) is 11.2. The average molecular weight is 309 g/mol. The van der Waals surface area contributed by atoms with Crippen LogP contribution in [0.5, 0.6) is 0 Å². The highest BCUT2D eigenvalue weighted by Gasteiger charge is 2.10. The Balaban J connectivity index is 2.19. The predicted octanol–water partition coefficient (Wildman–Crippen LogP) is 3.54. The molecule has 0 fully saturated rings. The van der Waals surface area contributed by atoms with E-state index in [1.54, 1.807) is 6.07 Å². The van der Waals surface area contributed by atoms with Crippen LogP contribution in [0.4, 0.5) is 10.2 Å². The van der Waals surface area contributed by atoms with Crippen molar-refractivity contribution < 1.29 is 9.18 Å². The van der Waals surface area contributed by atoms with Gasteiger partial charge in [0.25, 0.3) is 5.91 Å². The number of rotatable bonds is 2. The van der Waals surface area contributed by atoms with Crippen molar-refractivity contribution in [3.8, 4) is 0 Å². The lowest BCUT2D eigenvalue weighted by atomic mass is 10.1. The molecular weight excluding hydrogens is 299 g/mol. The largest absolute Gasteiger partial charge is 0.307 e. The number of aryl methyl sites for hydroxylation is 1. The van der Waals surface area contributed by atoms with Crippen LogP contribution in [0.15, 0.2) is 41.0 Å². The third kappa shape index (κ3) is 2.92. The molecule has 0 aliphatic carbocycles. The fourth-order valence-corrected chi connectivity index (χ4v) is 2.11. The van der Waals surface area contributed by atoms with Gasteiger partial charge < -0.3 is 5.32 Å². The van der Waals surface area contributed by atoms with Crippen LogP contribution in [-0.2, 0) is 0 Å². The van der Waals surface area contributed by atoms with Gasteiger partial charge in [-0.1, -0.05) is 6.07 Å². The first-order valence-electron chi connectivity index (χ1n) is 5.25. The number of hydrogen-bond donors (Lipinski definition) is 1. The monoisotopic (exact) mass is 308 g/mol. The van der Waals surface area contributed by atoms with Gasteiger partial charge in [-0.3, -0.25) is 4.79 Å². The molecule has 0 aliphatic rings. The highest BCUT2D eigenvalue weighted by Crippen LogP contribution is 2.19. The van der Waals surface area contributed by atoms with Crippen LogP contribution in [0.25, 0.3) is 0 Å². The van der Waals surface area contributed by atoms with Crippen molar-refractivity contribution >= 4 is 27.7 Å². The fourth-order valence-electron chi connectivity index (χ4n) is 1.44. The van der Waals surface area contributed by atoms with Gasteiger partial charge in [-0.15, -0.1) is 0 Å². The molecule has 1 amide bonds. The van der Waals surface area contributed by atoms with Crippen molar-refractivity contribution in [3.05, 3.63) is 57.9 Å². The van der Waals surface area contributed by atoms with E-state index in [1.807, 2.05) is 19.1 Å². The Hall–Kier alpha value is -1.75.